The van der Waals surface area contributed by atoms with E-state index in [9.17, 15) is 19.2 Å². The largest absolute Gasteiger partial charge is 0.462 e. The van der Waals surface area contributed by atoms with Crippen molar-refractivity contribution in [1.82, 2.24) is 4.90 Å². The molecule has 30 heavy (non-hydrogen) atoms. The van der Waals surface area contributed by atoms with Gasteiger partial charge >= 0.3 is 5.97 Å². The smallest absolute Gasteiger partial charge is 0.338 e. The summed E-state index contributed by atoms with van der Waals surface area (Å²) >= 11 is 0. The lowest BCUT2D eigenvalue weighted by Gasteiger charge is -2.12. The Labute approximate surface area is 173 Å². The molecule has 0 bridgehead atoms. The first-order valence-corrected chi connectivity index (χ1v) is 9.54. The third-order valence-corrected chi connectivity index (χ3v) is 4.62. The standard InChI is InChI=1S/C22H22N2O6/c1-3-30-22(28)14-5-8-16(9-6-14)23-19(25)15-7-10-17-18(13-15)21(27)24(20(17)26)11-4-12-29-2/h5-10,13H,3-4,11-12H2,1-2H3,(H,23,25). The summed E-state index contributed by atoms with van der Waals surface area (Å²) in [4.78, 5) is 50.5. The summed E-state index contributed by atoms with van der Waals surface area (Å²) in [5.74, 6) is -1.65. The fraction of sp³-hybridized carbons (Fsp3) is 0.273. The van der Waals surface area contributed by atoms with Crippen LogP contribution in [0.25, 0.3) is 0 Å². The Kier molecular flexibility index (Phi) is 6.58. The van der Waals surface area contributed by atoms with E-state index >= 15 is 0 Å². The normalized spacial score (nSPS) is 12.7. The van der Waals surface area contributed by atoms with Gasteiger partial charge in [-0.15, -0.1) is 0 Å². The molecule has 0 unspecified atom stereocenters. The van der Waals surface area contributed by atoms with Crippen molar-refractivity contribution in [3.05, 3.63) is 64.7 Å². The predicted molar refractivity (Wildman–Crippen MR) is 109 cm³/mol. The third-order valence-electron chi connectivity index (χ3n) is 4.62. The number of carbonyl (C=O) groups excluding carboxylic acids is 4. The number of nitrogens with one attached hydrogen (secondary N) is 1. The highest BCUT2D eigenvalue weighted by Crippen LogP contribution is 2.24. The Bertz CT molecular complexity index is 984. The van der Waals surface area contributed by atoms with Crippen LogP contribution in [0.15, 0.2) is 42.5 Å². The zero-order chi connectivity index (χ0) is 21.7. The summed E-state index contributed by atoms with van der Waals surface area (Å²) in [6.45, 7) is 2.70. The highest BCUT2D eigenvalue weighted by Gasteiger charge is 2.35. The molecule has 2 aromatic rings. The number of carbonyl (C=O) groups is 4. The fourth-order valence-corrected chi connectivity index (χ4v) is 3.11. The SMILES string of the molecule is CCOC(=O)c1ccc(NC(=O)c2ccc3c(c2)C(=O)N(CCCOC)C3=O)cc1. The van der Waals surface area contributed by atoms with Crippen molar-refractivity contribution < 1.29 is 28.7 Å². The number of imide groups is 1. The number of nitrogens with zero attached hydrogens (tertiary/aromatic N) is 1. The lowest BCUT2D eigenvalue weighted by molar-refractivity contribution is 0.0525. The quantitative estimate of drug-likeness (QED) is 0.408. The first-order valence-electron chi connectivity index (χ1n) is 9.54. The molecule has 0 spiro atoms. The van der Waals surface area contributed by atoms with E-state index in [2.05, 4.69) is 5.32 Å². The maximum atomic E-state index is 12.6. The zero-order valence-corrected chi connectivity index (χ0v) is 16.8. The molecule has 8 nitrogen and oxygen atoms in total. The molecule has 8 heteroatoms. The number of esters is 1. The first-order chi connectivity index (χ1) is 14.5. The fourth-order valence-electron chi connectivity index (χ4n) is 3.11. The Morgan fingerprint density at radius 3 is 2.30 bits per heavy atom. The van der Waals surface area contributed by atoms with Crippen molar-refractivity contribution in [3.63, 3.8) is 0 Å². The van der Waals surface area contributed by atoms with Crippen LogP contribution in [0.5, 0.6) is 0 Å². The van der Waals surface area contributed by atoms with E-state index < -0.39 is 17.8 Å². The predicted octanol–water partition coefficient (Wildman–Crippen LogP) is 2.75. The molecule has 0 aromatic heterocycles. The molecule has 0 fully saturated rings. The topological polar surface area (TPSA) is 102 Å². The molecule has 2 aromatic carbocycles. The summed E-state index contributed by atoms with van der Waals surface area (Å²) in [5.41, 5.74) is 1.61. The number of methoxy groups -OCH3 is 1. The molecule has 0 radical (unpaired) electrons. The molecule has 0 saturated heterocycles. The molecule has 3 rings (SSSR count). The van der Waals surface area contributed by atoms with Crippen LogP contribution < -0.4 is 5.32 Å². The van der Waals surface area contributed by atoms with Crippen molar-refractivity contribution in [1.29, 1.82) is 0 Å². The highest BCUT2D eigenvalue weighted by atomic mass is 16.5. The van der Waals surface area contributed by atoms with E-state index in [1.54, 1.807) is 38.3 Å². The van der Waals surface area contributed by atoms with Crippen LogP contribution in [0, 0.1) is 0 Å². The minimum Gasteiger partial charge on any atom is -0.462 e. The van der Waals surface area contributed by atoms with Gasteiger partial charge in [0, 0.05) is 31.5 Å². The summed E-state index contributed by atoms with van der Waals surface area (Å²) in [6.07, 6.45) is 0.539. The van der Waals surface area contributed by atoms with E-state index in [-0.39, 0.29) is 35.7 Å². The minimum atomic E-state index is -0.438. The summed E-state index contributed by atoms with van der Waals surface area (Å²) < 4.78 is 9.88. The van der Waals surface area contributed by atoms with E-state index in [1.165, 1.54) is 23.1 Å². The van der Waals surface area contributed by atoms with Gasteiger partial charge in [-0.25, -0.2) is 4.79 Å². The average Bonchev–Trinajstić information content (AvgIpc) is 2.99. The molecule has 0 aliphatic carbocycles. The van der Waals surface area contributed by atoms with Crippen molar-refractivity contribution in [3.8, 4) is 0 Å². The number of hydrogen-bond acceptors (Lipinski definition) is 6. The van der Waals surface area contributed by atoms with E-state index in [4.69, 9.17) is 9.47 Å². The maximum Gasteiger partial charge on any atom is 0.338 e. The van der Waals surface area contributed by atoms with Crippen molar-refractivity contribution in [2.45, 2.75) is 13.3 Å². The Morgan fingerprint density at radius 2 is 1.63 bits per heavy atom. The summed E-state index contributed by atoms with van der Waals surface area (Å²) in [6, 6.07) is 10.7. The van der Waals surface area contributed by atoms with Gasteiger partial charge in [0.25, 0.3) is 17.7 Å². The second-order valence-electron chi connectivity index (χ2n) is 6.62. The van der Waals surface area contributed by atoms with Gasteiger partial charge in [0.15, 0.2) is 0 Å². The van der Waals surface area contributed by atoms with Gasteiger partial charge in [-0.2, -0.15) is 0 Å². The maximum absolute atomic E-state index is 12.6. The number of benzene rings is 2. The van der Waals surface area contributed by atoms with Gasteiger partial charge < -0.3 is 14.8 Å². The van der Waals surface area contributed by atoms with Gasteiger partial charge in [0.2, 0.25) is 0 Å². The van der Waals surface area contributed by atoms with E-state index in [0.717, 1.165) is 0 Å². The average molecular weight is 410 g/mol. The van der Waals surface area contributed by atoms with Crippen molar-refractivity contribution in [2.24, 2.45) is 0 Å². The second-order valence-corrected chi connectivity index (χ2v) is 6.62. The van der Waals surface area contributed by atoms with Crippen LogP contribution in [0.3, 0.4) is 0 Å². The number of hydrogen-bond donors (Lipinski definition) is 1. The van der Waals surface area contributed by atoms with Crippen LogP contribution in [-0.2, 0) is 9.47 Å². The molecule has 3 amide bonds. The van der Waals surface area contributed by atoms with Crippen LogP contribution in [0.1, 0.15) is 54.8 Å². The van der Waals surface area contributed by atoms with Crippen LogP contribution in [-0.4, -0.2) is 55.5 Å². The third kappa shape index (κ3) is 4.38. The number of fused-ring (bicyclic) bond motifs is 1. The van der Waals surface area contributed by atoms with Gasteiger partial charge in [-0.3, -0.25) is 19.3 Å². The second kappa shape index (κ2) is 9.32. The summed E-state index contributed by atoms with van der Waals surface area (Å²) in [5, 5.41) is 2.71. The van der Waals surface area contributed by atoms with E-state index in [0.29, 0.717) is 24.3 Å². The molecule has 1 N–H and O–H groups in total. The van der Waals surface area contributed by atoms with Crippen molar-refractivity contribution >= 4 is 29.4 Å². The molecule has 1 aliphatic heterocycles. The van der Waals surface area contributed by atoms with Gasteiger partial charge in [-0.1, -0.05) is 0 Å². The lowest BCUT2D eigenvalue weighted by atomic mass is 10.1. The molecular weight excluding hydrogens is 388 g/mol. The molecule has 156 valence electrons. The molecule has 0 saturated carbocycles. The lowest BCUT2D eigenvalue weighted by Crippen LogP contribution is -2.31. The zero-order valence-electron chi connectivity index (χ0n) is 16.8. The summed E-state index contributed by atoms with van der Waals surface area (Å²) in [7, 11) is 1.55. The monoisotopic (exact) mass is 410 g/mol. The molecule has 0 atom stereocenters. The minimum absolute atomic E-state index is 0.211. The number of amides is 3. The van der Waals surface area contributed by atoms with Crippen LogP contribution in [0.4, 0.5) is 5.69 Å². The number of ether oxygens (including phenoxy) is 2. The Morgan fingerprint density at radius 1 is 0.967 bits per heavy atom. The molecule has 1 aliphatic rings. The molecular formula is C22H22N2O6. The van der Waals surface area contributed by atoms with Gasteiger partial charge in [0.05, 0.1) is 23.3 Å². The van der Waals surface area contributed by atoms with Crippen LogP contribution in [0.2, 0.25) is 0 Å². The molecule has 1 heterocycles. The van der Waals surface area contributed by atoms with Crippen LogP contribution >= 0.6 is 0 Å². The van der Waals surface area contributed by atoms with E-state index in [1.807, 2.05) is 0 Å². The highest BCUT2D eigenvalue weighted by molar-refractivity contribution is 6.22. The first kappa shape index (κ1) is 21.2. The number of anilines is 1. The number of rotatable bonds is 8. The van der Waals surface area contributed by atoms with Gasteiger partial charge in [-0.05, 0) is 55.8 Å². The Hall–Kier alpha value is -3.52. The van der Waals surface area contributed by atoms with Crippen molar-refractivity contribution in [2.75, 3.05) is 32.2 Å². The van der Waals surface area contributed by atoms with Gasteiger partial charge in [0.1, 0.15) is 0 Å². The Balaban J connectivity index is 1.71.